The van der Waals surface area contributed by atoms with Crippen molar-refractivity contribution in [3.05, 3.63) is 34.9 Å². The SMILES string of the molecule is CC(C)CN(Cc1ccccc1Cl)C(=O)CCN. The summed E-state index contributed by atoms with van der Waals surface area (Å²) in [6.45, 7) is 5.85. The second kappa shape index (κ2) is 7.39. The molecule has 1 rings (SSSR count). The van der Waals surface area contributed by atoms with Gasteiger partial charge in [-0.05, 0) is 17.5 Å². The van der Waals surface area contributed by atoms with Gasteiger partial charge in [-0.2, -0.15) is 0 Å². The van der Waals surface area contributed by atoms with Crippen molar-refractivity contribution in [2.24, 2.45) is 11.7 Å². The molecule has 0 saturated carbocycles. The molecule has 0 saturated heterocycles. The first-order valence-corrected chi connectivity index (χ1v) is 6.63. The Balaban J connectivity index is 2.78. The van der Waals surface area contributed by atoms with Crippen LogP contribution in [0.25, 0.3) is 0 Å². The highest BCUT2D eigenvalue weighted by molar-refractivity contribution is 6.31. The van der Waals surface area contributed by atoms with Gasteiger partial charge in [0.2, 0.25) is 5.91 Å². The number of carbonyl (C=O) groups is 1. The number of amides is 1. The largest absolute Gasteiger partial charge is 0.338 e. The van der Waals surface area contributed by atoms with Crippen LogP contribution >= 0.6 is 11.6 Å². The Morgan fingerprint density at radius 2 is 2.06 bits per heavy atom. The van der Waals surface area contributed by atoms with E-state index in [1.54, 1.807) is 0 Å². The molecule has 1 amide bonds. The highest BCUT2D eigenvalue weighted by Gasteiger charge is 2.15. The lowest BCUT2D eigenvalue weighted by Crippen LogP contribution is -2.34. The maximum atomic E-state index is 12.0. The fraction of sp³-hybridized carbons (Fsp3) is 0.500. The summed E-state index contributed by atoms with van der Waals surface area (Å²) in [5.41, 5.74) is 6.42. The van der Waals surface area contributed by atoms with E-state index in [9.17, 15) is 4.79 Å². The second-order valence-electron chi connectivity index (χ2n) is 4.80. The molecular formula is C14H21ClN2O. The molecular weight excluding hydrogens is 248 g/mol. The maximum Gasteiger partial charge on any atom is 0.224 e. The predicted molar refractivity (Wildman–Crippen MR) is 75.4 cm³/mol. The molecule has 0 aromatic heterocycles. The monoisotopic (exact) mass is 268 g/mol. The summed E-state index contributed by atoms with van der Waals surface area (Å²) in [5.74, 6) is 0.514. The third-order valence-electron chi connectivity index (χ3n) is 2.62. The molecule has 0 unspecified atom stereocenters. The molecule has 3 nitrogen and oxygen atoms in total. The standard InChI is InChI=1S/C14H21ClN2O/c1-11(2)9-17(14(18)7-8-16)10-12-5-3-4-6-13(12)15/h3-6,11H,7-10,16H2,1-2H3. The van der Waals surface area contributed by atoms with Crippen LogP contribution in [0.1, 0.15) is 25.8 Å². The summed E-state index contributed by atoms with van der Waals surface area (Å²) in [5, 5.41) is 0.701. The van der Waals surface area contributed by atoms with Gasteiger partial charge in [-0.3, -0.25) is 4.79 Å². The van der Waals surface area contributed by atoms with Gasteiger partial charge in [0.1, 0.15) is 0 Å². The average Bonchev–Trinajstić information content (AvgIpc) is 2.31. The summed E-state index contributed by atoms with van der Waals surface area (Å²) >= 11 is 6.12. The molecule has 0 bridgehead atoms. The summed E-state index contributed by atoms with van der Waals surface area (Å²) in [4.78, 5) is 13.8. The molecule has 0 spiro atoms. The minimum atomic E-state index is 0.0890. The lowest BCUT2D eigenvalue weighted by molar-refractivity contribution is -0.132. The van der Waals surface area contributed by atoms with E-state index < -0.39 is 0 Å². The van der Waals surface area contributed by atoms with Crippen molar-refractivity contribution in [3.63, 3.8) is 0 Å². The van der Waals surface area contributed by atoms with Gasteiger partial charge in [-0.15, -0.1) is 0 Å². The van der Waals surface area contributed by atoms with E-state index >= 15 is 0 Å². The first-order valence-electron chi connectivity index (χ1n) is 6.25. The minimum Gasteiger partial charge on any atom is -0.338 e. The van der Waals surface area contributed by atoms with Crippen LogP contribution in [0.2, 0.25) is 5.02 Å². The van der Waals surface area contributed by atoms with E-state index in [-0.39, 0.29) is 5.91 Å². The van der Waals surface area contributed by atoms with Crippen LogP contribution in [0.15, 0.2) is 24.3 Å². The van der Waals surface area contributed by atoms with Gasteiger partial charge in [0.15, 0.2) is 0 Å². The first-order chi connectivity index (χ1) is 8.54. The molecule has 18 heavy (non-hydrogen) atoms. The third kappa shape index (κ3) is 4.67. The number of benzene rings is 1. The molecule has 0 aliphatic heterocycles. The van der Waals surface area contributed by atoms with E-state index in [2.05, 4.69) is 13.8 Å². The van der Waals surface area contributed by atoms with Crippen molar-refractivity contribution in [3.8, 4) is 0 Å². The predicted octanol–water partition coefficient (Wildman–Crippen LogP) is 2.67. The van der Waals surface area contributed by atoms with Crippen molar-refractivity contribution in [2.45, 2.75) is 26.8 Å². The summed E-state index contributed by atoms with van der Waals surface area (Å²) in [7, 11) is 0. The lowest BCUT2D eigenvalue weighted by atomic mass is 10.1. The molecule has 0 atom stereocenters. The number of halogens is 1. The van der Waals surface area contributed by atoms with Crippen LogP contribution in [0.4, 0.5) is 0 Å². The van der Waals surface area contributed by atoms with Gasteiger partial charge in [0.05, 0.1) is 0 Å². The van der Waals surface area contributed by atoms with Crippen LogP contribution in [-0.2, 0) is 11.3 Å². The topological polar surface area (TPSA) is 46.3 Å². The van der Waals surface area contributed by atoms with Gasteiger partial charge in [0.25, 0.3) is 0 Å². The zero-order chi connectivity index (χ0) is 13.5. The van der Waals surface area contributed by atoms with E-state index in [4.69, 9.17) is 17.3 Å². The molecule has 100 valence electrons. The molecule has 0 radical (unpaired) electrons. The van der Waals surface area contributed by atoms with Crippen molar-refractivity contribution >= 4 is 17.5 Å². The van der Waals surface area contributed by atoms with E-state index in [0.717, 1.165) is 12.1 Å². The summed E-state index contributed by atoms with van der Waals surface area (Å²) in [6, 6.07) is 7.62. The van der Waals surface area contributed by atoms with Crippen molar-refractivity contribution in [1.29, 1.82) is 0 Å². The normalized spacial score (nSPS) is 10.7. The van der Waals surface area contributed by atoms with E-state index in [1.165, 1.54) is 0 Å². The van der Waals surface area contributed by atoms with Gasteiger partial charge in [-0.1, -0.05) is 43.6 Å². The van der Waals surface area contributed by atoms with E-state index in [0.29, 0.717) is 30.5 Å². The fourth-order valence-electron chi connectivity index (χ4n) is 1.81. The highest BCUT2D eigenvalue weighted by Crippen LogP contribution is 2.18. The van der Waals surface area contributed by atoms with Crippen molar-refractivity contribution in [2.75, 3.05) is 13.1 Å². The molecule has 1 aromatic rings. The first kappa shape index (κ1) is 15.0. The average molecular weight is 269 g/mol. The Bertz CT molecular complexity index is 393. The lowest BCUT2D eigenvalue weighted by Gasteiger charge is -2.25. The molecule has 0 aliphatic rings. The van der Waals surface area contributed by atoms with Crippen molar-refractivity contribution < 1.29 is 4.79 Å². The van der Waals surface area contributed by atoms with Crippen LogP contribution in [0, 0.1) is 5.92 Å². The molecule has 1 aromatic carbocycles. The van der Waals surface area contributed by atoms with Crippen LogP contribution in [0.3, 0.4) is 0 Å². The van der Waals surface area contributed by atoms with Crippen LogP contribution in [0.5, 0.6) is 0 Å². The molecule has 0 heterocycles. The van der Waals surface area contributed by atoms with Crippen LogP contribution in [-0.4, -0.2) is 23.9 Å². The highest BCUT2D eigenvalue weighted by atomic mass is 35.5. The summed E-state index contributed by atoms with van der Waals surface area (Å²) in [6.07, 6.45) is 0.386. The number of nitrogens with two attached hydrogens (primary N) is 1. The molecule has 0 fully saturated rings. The quantitative estimate of drug-likeness (QED) is 0.862. The number of carbonyl (C=O) groups excluding carboxylic acids is 1. The second-order valence-corrected chi connectivity index (χ2v) is 5.21. The molecule has 2 N–H and O–H groups in total. The molecule has 0 aliphatic carbocycles. The molecule has 4 heteroatoms. The Morgan fingerprint density at radius 3 is 2.61 bits per heavy atom. The zero-order valence-corrected chi connectivity index (χ0v) is 11.8. The number of rotatable bonds is 6. The van der Waals surface area contributed by atoms with Gasteiger partial charge < -0.3 is 10.6 Å². The maximum absolute atomic E-state index is 12.0. The Labute approximate surface area is 114 Å². The zero-order valence-electron chi connectivity index (χ0n) is 11.0. The Kier molecular flexibility index (Phi) is 6.16. The number of nitrogens with zero attached hydrogens (tertiary/aromatic N) is 1. The van der Waals surface area contributed by atoms with Gasteiger partial charge in [0, 0.05) is 31.1 Å². The number of hydrogen-bond acceptors (Lipinski definition) is 2. The number of hydrogen-bond donors (Lipinski definition) is 1. The fourth-order valence-corrected chi connectivity index (χ4v) is 2.00. The minimum absolute atomic E-state index is 0.0890. The van der Waals surface area contributed by atoms with E-state index in [1.807, 2.05) is 29.2 Å². The van der Waals surface area contributed by atoms with Crippen LogP contribution < -0.4 is 5.73 Å². The van der Waals surface area contributed by atoms with Gasteiger partial charge in [-0.25, -0.2) is 0 Å². The van der Waals surface area contributed by atoms with Crippen molar-refractivity contribution in [1.82, 2.24) is 4.90 Å². The smallest absolute Gasteiger partial charge is 0.224 e. The Hall–Kier alpha value is -1.06. The Morgan fingerprint density at radius 1 is 1.39 bits per heavy atom. The van der Waals surface area contributed by atoms with Gasteiger partial charge >= 0.3 is 0 Å². The third-order valence-corrected chi connectivity index (χ3v) is 2.98. The summed E-state index contributed by atoms with van der Waals surface area (Å²) < 4.78 is 0.